The van der Waals surface area contributed by atoms with Crippen LogP contribution in [-0.2, 0) is 11.2 Å². The van der Waals surface area contributed by atoms with Gasteiger partial charge in [-0.1, -0.05) is 13.0 Å². The molecule has 0 atom stereocenters. The van der Waals surface area contributed by atoms with Gasteiger partial charge in [-0.05, 0) is 30.2 Å². The number of rotatable bonds is 2. The van der Waals surface area contributed by atoms with Gasteiger partial charge in [0.15, 0.2) is 0 Å². The van der Waals surface area contributed by atoms with E-state index in [0.717, 1.165) is 12.0 Å². The van der Waals surface area contributed by atoms with Crippen molar-refractivity contribution in [2.45, 2.75) is 13.3 Å². The van der Waals surface area contributed by atoms with Gasteiger partial charge in [0.1, 0.15) is 11.8 Å². The maximum Gasteiger partial charge on any atom is 0.340 e. The van der Waals surface area contributed by atoms with Crippen LogP contribution in [0.15, 0.2) is 33.5 Å². The molecule has 21 heavy (non-hydrogen) atoms. The number of hydrogen-bond acceptors (Lipinski definition) is 5. The van der Waals surface area contributed by atoms with Gasteiger partial charge in [-0.15, -0.1) is 0 Å². The average molecular weight is 282 g/mol. The molecule has 0 aliphatic heterocycles. The maximum absolute atomic E-state index is 12.6. The molecule has 0 N–H and O–H groups in total. The summed E-state index contributed by atoms with van der Waals surface area (Å²) in [5, 5.41) is 0.723. The van der Waals surface area contributed by atoms with Gasteiger partial charge in [0.25, 0.3) is 0 Å². The summed E-state index contributed by atoms with van der Waals surface area (Å²) in [4.78, 5) is 28.0. The predicted molar refractivity (Wildman–Crippen MR) is 77.3 cm³/mol. The van der Waals surface area contributed by atoms with Crippen molar-refractivity contribution in [3.05, 3.63) is 51.8 Å². The fourth-order valence-corrected chi connectivity index (χ4v) is 2.18. The normalized spacial score (nSPS) is 11.0. The summed E-state index contributed by atoms with van der Waals surface area (Å²) in [5.74, 6) is -0.591. The largest absolute Gasteiger partial charge is 0.465 e. The maximum atomic E-state index is 12.6. The molecule has 0 saturated carbocycles. The number of benzene rings is 1. The number of carbonyl (C=O) groups excluding carboxylic acids is 1. The lowest BCUT2D eigenvalue weighted by Gasteiger charge is -2.03. The highest BCUT2D eigenvalue weighted by Gasteiger charge is 2.13. The first-order valence-corrected chi connectivity index (χ1v) is 6.50. The van der Waals surface area contributed by atoms with Crippen LogP contribution in [0.2, 0.25) is 0 Å². The molecule has 0 bridgehead atoms. The molecule has 0 fully saturated rings. The van der Waals surface area contributed by atoms with Gasteiger partial charge in [-0.2, -0.15) is 0 Å². The molecule has 0 unspecified atom stereocenters. The Balaban J connectivity index is 2.35. The summed E-state index contributed by atoms with van der Waals surface area (Å²) < 4.78 is 10.2. The van der Waals surface area contributed by atoms with Gasteiger partial charge in [-0.3, -0.25) is 4.79 Å². The predicted octanol–water partition coefficient (Wildman–Crippen LogP) is 2.49. The highest BCUT2D eigenvalue weighted by atomic mass is 16.5. The van der Waals surface area contributed by atoms with E-state index in [0.29, 0.717) is 11.0 Å². The molecule has 5 nitrogen and oxygen atoms in total. The van der Waals surface area contributed by atoms with E-state index in [1.807, 2.05) is 13.0 Å². The summed E-state index contributed by atoms with van der Waals surface area (Å²) in [6.07, 6.45) is 3.34. The smallest absolute Gasteiger partial charge is 0.340 e. The number of aromatic nitrogens is 1. The zero-order chi connectivity index (χ0) is 15.0. The van der Waals surface area contributed by atoms with Crippen molar-refractivity contribution < 1.29 is 13.9 Å². The molecule has 2 aromatic heterocycles. The Hall–Kier alpha value is -2.69. The van der Waals surface area contributed by atoms with E-state index in [9.17, 15) is 9.59 Å². The van der Waals surface area contributed by atoms with E-state index in [4.69, 9.17) is 4.42 Å². The average Bonchev–Trinajstić information content (AvgIpc) is 2.54. The Kier molecular flexibility index (Phi) is 3.17. The van der Waals surface area contributed by atoms with Crippen molar-refractivity contribution in [2.75, 3.05) is 7.11 Å². The number of aryl methyl sites for hydroxylation is 1. The number of esters is 1. The Bertz CT molecular complexity index is 911. The van der Waals surface area contributed by atoms with Gasteiger partial charge in [0, 0.05) is 0 Å². The van der Waals surface area contributed by atoms with Crippen LogP contribution in [0.4, 0.5) is 0 Å². The molecule has 2 heterocycles. The van der Waals surface area contributed by atoms with Crippen LogP contribution in [-0.4, -0.2) is 18.1 Å². The zero-order valence-corrected chi connectivity index (χ0v) is 11.6. The Morgan fingerprint density at radius 2 is 2.14 bits per heavy atom. The molecule has 0 aliphatic rings. The van der Waals surface area contributed by atoms with Crippen LogP contribution in [0.3, 0.4) is 0 Å². The standard InChI is InChI=1S/C16H12NO4/c1-3-9-4-5-13-11(6-9)14(18)12-7-10(16(19)20-2)8-17-15(12)21-13/h4-7H,3H2,1-2H3. The molecule has 0 spiro atoms. The van der Waals surface area contributed by atoms with Crippen molar-refractivity contribution in [3.8, 4) is 0 Å². The number of ether oxygens (including phenoxy) is 1. The van der Waals surface area contributed by atoms with E-state index in [-0.39, 0.29) is 22.1 Å². The van der Waals surface area contributed by atoms with Crippen molar-refractivity contribution in [3.63, 3.8) is 0 Å². The quantitative estimate of drug-likeness (QED) is 0.533. The van der Waals surface area contributed by atoms with Crippen molar-refractivity contribution in [1.82, 2.24) is 4.98 Å². The van der Waals surface area contributed by atoms with Crippen molar-refractivity contribution in [1.29, 1.82) is 0 Å². The topological polar surface area (TPSA) is 69.4 Å². The van der Waals surface area contributed by atoms with Gasteiger partial charge in [-0.25, -0.2) is 9.78 Å². The Morgan fingerprint density at radius 1 is 1.33 bits per heavy atom. The number of hydrogen-bond donors (Lipinski definition) is 0. The summed E-state index contributed by atoms with van der Waals surface area (Å²) in [6.45, 7) is 2.01. The molecule has 0 saturated heterocycles. The van der Waals surface area contributed by atoms with Gasteiger partial charge in [0.05, 0.1) is 23.4 Å². The van der Waals surface area contributed by atoms with Gasteiger partial charge in [0.2, 0.25) is 11.1 Å². The first-order chi connectivity index (χ1) is 10.1. The van der Waals surface area contributed by atoms with Crippen LogP contribution >= 0.6 is 0 Å². The van der Waals surface area contributed by atoms with E-state index in [1.54, 1.807) is 12.1 Å². The van der Waals surface area contributed by atoms with E-state index in [1.165, 1.54) is 13.2 Å². The molecule has 105 valence electrons. The summed E-state index contributed by atoms with van der Waals surface area (Å²) in [6, 6.07) is 6.86. The first kappa shape index (κ1) is 13.3. The second-order valence-corrected chi connectivity index (χ2v) is 4.61. The zero-order valence-electron chi connectivity index (χ0n) is 11.6. The minimum absolute atomic E-state index is 0.100. The van der Waals surface area contributed by atoms with E-state index >= 15 is 0 Å². The van der Waals surface area contributed by atoms with Crippen LogP contribution < -0.4 is 5.43 Å². The fourth-order valence-electron chi connectivity index (χ4n) is 2.18. The third-order valence-electron chi connectivity index (χ3n) is 3.35. The summed E-state index contributed by atoms with van der Waals surface area (Å²) >= 11 is 0. The molecule has 3 aromatic rings. The number of pyridine rings is 1. The fraction of sp³-hybridized carbons (Fsp3) is 0.188. The third-order valence-corrected chi connectivity index (χ3v) is 3.35. The SMILES string of the molecule is CCc1ccc2oc3n[c]c(C(=O)OC)cc3c(=O)c2c1. The second-order valence-electron chi connectivity index (χ2n) is 4.61. The lowest BCUT2D eigenvalue weighted by atomic mass is 10.1. The third kappa shape index (κ3) is 2.16. The lowest BCUT2D eigenvalue weighted by molar-refractivity contribution is 0.0600. The Morgan fingerprint density at radius 3 is 2.86 bits per heavy atom. The molecule has 0 aliphatic carbocycles. The molecular formula is C16H12NO4. The highest BCUT2D eigenvalue weighted by Crippen LogP contribution is 2.19. The van der Waals surface area contributed by atoms with Gasteiger partial charge >= 0.3 is 5.97 Å². The first-order valence-electron chi connectivity index (χ1n) is 6.50. The number of nitrogens with zero attached hydrogens (tertiary/aromatic N) is 1. The lowest BCUT2D eigenvalue weighted by Crippen LogP contribution is -2.07. The van der Waals surface area contributed by atoms with Crippen LogP contribution in [0.1, 0.15) is 22.8 Å². The van der Waals surface area contributed by atoms with Crippen LogP contribution in [0.25, 0.3) is 22.1 Å². The van der Waals surface area contributed by atoms with Crippen LogP contribution in [0.5, 0.6) is 0 Å². The number of methoxy groups -OCH3 is 1. The minimum Gasteiger partial charge on any atom is -0.465 e. The minimum atomic E-state index is -0.591. The van der Waals surface area contributed by atoms with E-state index < -0.39 is 5.97 Å². The second kappa shape index (κ2) is 5.01. The highest BCUT2D eigenvalue weighted by molar-refractivity contribution is 5.94. The molecule has 0 amide bonds. The molecule has 3 rings (SSSR count). The van der Waals surface area contributed by atoms with Crippen molar-refractivity contribution >= 4 is 28.0 Å². The molecule has 1 aromatic carbocycles. The molecular weight excluding hydrogens is 270 g/mol. The molecule has 1 radical (unpaired) electrons. The van der Waals surface area contributed by atoms with Gasteiger partial charge < -0.3 is 9.15 Å². The molecule has 5 heteroatoms. The van der Waals surface area contributed by atoms with Crippen molar-refractivity contribution in [2.24, 2.45) is 0 Å². The van der Waals surface area contributed by atoms with E-state index in [2.05, 4.69) is 15.9 Å². The monoisotopic (exact) mass is 282 g/mol. The summed E-state index contributed by atoms with van der Waals surface area (Å²) in [7, 11) is 1.26. The Labute approximate surface area is 120 Å². The van der Waals surface area contributed by atoms with Crippen LogP contribution in [0, 0.1) is 6.20 Å². The number of fused-ring (bicyclic) bond motifs is 2. The summed E-state index contributed by atoms with van der Waals surface area (Å²) in [5.41, 5.74) is 1.55. The number of carbonyl (C=O) groups is 1.